The molecule has 2 nitrogen and oxygen atoms in total. The highest BCUT2D eigenvalue weighted by Gasteiger charge is 2.43. The second-order valence-electron chi connectivity index (χ2n) is 5.94. The van der Waals surface area contributed by atoms with Gasteiger partial charge in [-0.05, 0) is 25.2 Å². The van der Waals surface area contributed by atoms with E-state index in [0.717, 1.165) is 38.3 Å². The number of alkyl halides is 3. The fourth-order valence-corrected chi connectivity index (χ4v) is 3.97. The zero-order valence-electron chi connectivity index (χ0n) is 11.6. The van der Waals surface area contributed by atoms with Crippen LogP contribution in [0.25, 0.3) is 0 Å². The number of halogens is 3. The molecule has 2 rings (SSSR count). The molecule has 0 amide bonds. The lowest BCUT2D eigenvalue weighted by atomic mass is 9.75. The van der Waals surface area contributed by atoms with Gasteiger partial charge in [0.1, 0.15) is 0 Å². The number of carbonyl (C=O) groups excluding carboxylic acids is 1. The molecule has 0 spiro atoms. The van der Waals surface area contributed by atoms with Gasteiger partial charge in [0, 0.05) is 11.6 Å². The second-order valence-corrected chi connectivity index (χ2v) is 6.97. The van der Waals surface area contributed by atoms with E-state index in [2.05, 4.69) is 4.98 Å². The SMILES string of the molecule is CC(C)CC1(C(=O)c2cnc(C(F)(F)F)s2)CCCC1. The molecular formula is C14H18F3NOS. The predicted molar refractivity (Wildman–Crippen MR) is 71.8 cm³/mol. The highest BCUT2D eigenvalue weighted by molar-refractivity contribution is 7.13. The third-order valence-electron chi connectivity index (χ3n) is 3.81. The fourth-order valence-electron chi connectivity index (χ4n) is 3.13. The van der Waals surface area contributed by atoms with Crippen molar-refractivity contribution in [2.75, 3.05) is 0 Å². The fraction of sp³-hybridized carbons (Fsp3) is 0.714. The van der Waals surface area contributed by atoms with Crippen LogP contribution in [0.3, 0.4) is 0 Å². The third-order valence-corrected chi connectivity index (χ3v) is 4.85. The lowest BCUT2D eigenvalue weighted by molar-refractivity contribution is -0.137. The molecular weight excluding hydrogens is 287 g/mol. The van der Waals surface area contributed by atoms with E-state index in [1.54, 1.807) is 0 Å². The summed E-state index contributed by atoms with van der Waals surface area (Å²) in [7, 11) is 0. The van der Waals surface area contributed by atoms with Gasteiger partial charge in [-0.25, -0.2) is 4.98 Å². The van der Waals surface area contributed by atoms with Crippen molar-refractivity contribution in [1.82, 2.24) is 4.98 Å². The Morgan fingerprint density at radius 2 is 2.00 bits per heavy atom. The lowest BCUT2D eigenvalue weighted by Gasteiger charge is -2.28. The molecule has 6 heteroatoms. The zero-order chi connectivity index (χ0) is 15.0. The van der Waals surface area contributed by atoms with E-state index in [0.29, 0.717) is 17.3 Å². The van der Waals surface area contributed by atoms with Gasteiger partial charge in [-0.15, -0.1) is 11.3 Å². The number of hydrogen-bond donors (Lipinski definition) is 0. The second kappa shape index (κ2) is 5.47. The Labute approximate surface area is 120 Å². The summed E-state index contributed by atoms with van der Waals surface area (Å²) in [5, 5.41) is -0.932. The molecule has 1 heterocycles. The summed E-state index contributed by atoms with van der Waals surface area (Å²) in [4.78, 5) is 16.2. The van der Waals surface area contributed by atoms with E-state index in [-0.39, 0.29) is 10.7 Å². The number of rotatable bonds is 4. The molecule has 0 saturated heterocycles. The van der Waals surface area contributed by atoms with Crippen molar-refractivity contribution in [1.29, 1.82) is 0 Å². The van der Waals surface area contributed by atoms with E-state index >= 15 is 0 Å². The van der Waals surface area contributed by atoms with Crippen molar-refractivity contribution >= 4 is 17.1 Å². The minimum atomic E-state index is -4.47. The van der Waals surface area contributed by atoms with Crippen LogP contribution in [-0.2, 0) is 6.18 Å². The monoisotopic (exact) mass is 305 g/mol. The Morgan fingerprint density at radius 3 is 2.45 bits per heavy atom. The summed E-state index contributed by atoms with van der Waals surface area (Å²) in [5.74, 6) is 0.212. The molecule has 1 saturated carbocycles. The van der Waals surface area contributed by atoms with Gasteiger partial charge < -0.3 is 0 Å². The van der Waals surface area contributed by atoms with Crippen LogP contribution in [0.5, 0.6) is 0 Å². The summed E-state index contributed by atoms with van der Waals surface area (Å²) < 4.78 is 37.8. The van der Waals surface area contributed by atoms with Crippen LogP contribution < -0.4 is 0 Å². The number of carbonyl (C=O) groups is 1. The molecule has 0 aromatic carbocycles. The quantitative estimate of drug-likeness (QED) is 0.737. The molecule has 112 valence electrons. The summed E-state index contributed by atoms with van der Waals surface area (Å²) in [6, 6.07) is 0. The predicted octanol–water partition coefficient (Wildman–Crippen LogP) is 4.95. The lowest BCUT2D eigenvalue weighted by Crippen LogP contribution is -2.29. The average Bonchev–Trinajstić information content (AvgIpc) is 2.94. The molecule has 0 unspecified atom stereocenters. The van der Waals surface area contributed by atoms with E-state index in [1.807, 2.05) is 13.8 Å². The minimum Gasteiger partial charge on any atom is -0.293 e. The van der Waals surface area contributed by atoms with Gasteiger partial charge in [-0.1, -0.05) is 26.7 Å². The maximum absolute atomic E-state index is 12.6. The van der Waals surface area contributed by atoms with Gasteiger partial charge in [-0.2, -0.15) is 13.2 Å². The molecule has 1 aromatic rings. The number of ketones is 1. The van der Waals surface area contributed by atoms with Crippen molar-refractivity contribution in [3.05, 3.63) is 16.1 Å². The van der Waals surface area contributed by atoms with Gasteiger partial charge in [-0.3, -0.25) is 4.79 Å². The first-order valence-electron chi connectivity index (χ1n) is 6.82. The number of thiazole rings is 1. The number of aromatic nitrogens is 1. The van der Waals surface area contributed by atoms with E-state index in [9.17, 15) is 18.0 Å². The van der Waals surface area contributed by atoms with Gasteiger partial charge in [0.2, 0.25) is 0 Å². The highest BCUT2D eigenvalue weighted by atomic mass is 32.1. The largest absolute Gasteiger partial charge is 0.443 e. The van der Waals surface area contributed by atoms with E-state index in [1.165, 1.54) is 0 Å². The van der Waals surface area contributed by atoms with Crippen LogP contribution in [0.15, 0.2) is 6.20 Å². The molecule has 20 heavy (non-hydrogen) atoms. The number of Topliss-reactive ketones (excluding diaryl/α,β-unsaturated/α-hetero) is 1. The van der Waals surface area contributed by atoms with E-state index < -0.39 is 16.6 Å². The molecule has 1 aromatic heterocycles. The first-order valence-corrected chi connectivity index (χ1v) is 7.64. The minimum absolute atomic E-state index is 0.142. The maximum atomic E-state index is 12.6. The van der Waals surface area contributed by atoms with Gasteiger partial charge >= 0.3 is 6.18 Å². The Morgan fingerprint density at radius 1 is 1.40 bits per heavy atom. The summed E-state index contributed by atoms with van der Waals surface area (Å²) in [6.07, 6.45) is 0.880. The molecule has 0 radical (unpaired) electrons. The van der Waals surface area contributed by atoms with Crippen LogP contribution in [-0.4, -0.2) is 10.8 Å². The smallest absolute Gasteiger partial charge is 0.293 e. The Balaban J connectivity index is 2.26. The first-order chi connectivity index (χ1) is 9.24. The topological polar surface area (TPSA) is 30.0 Å². The van der Waals surface area contributed by atoms with Gasteiger partial charge in [0.25, 0.3) is 0 Å². The van der Waals surface area contributed by atoms with Crippen LogP contribution >= 0.6 is 11.3 Å². The van der Waals surface area contributed by atoms with E-state index in [4.69, 9.17) is 0 Å². The molecule has 1 aliphatic rings. The van der Waals surface area contributed by atoms with Crippen LogP contribution in [0.1, 0.15) is 60.6 Å². The summed E-state index contributed by atoms with van der Waals surface area (Å²) in [5.41, 5.74) is -0.469. The van der Waals surface area contributed by atoms with Crippen molar-refractivity contribution in [2.24, 2.45) is 11.3 Å². The standard InChI is InChI=1S/C14H18F3NOS/c1-9(2)7-13(5-3-4-6-13)11(19)10-8-18-12(20-10)14(15,16)17/h8-9H,3-7H2,1-2H3. The van der Waals surface area contributed by atoms with Gasteiger partial charge in [0.05, 0.1) is 4.88 Å². The summed E-state index contributed by atoms with van der Waals surface area (Å²) >= 11 is 0.475. The molecule has 1 aliphatic carbocycles. The van der Waals surface area contributed by atoms with Crippen molar-refractivity contribution in [3.63, 3.8) is 0 Å². The molecule has 0 atom stereocenters. The maximum Gasteiger partial charge on any atom is 0.443 e. The van der Waals surface area contributed by atoms with Gasteiger partial charge in [0.15, 0.2) is 10.8 Å². The summed E-state index contributed by atoms with van der Waals surface area (Å²) in [6.45, 7) is 4.09. The van der Waals surface area contributed by atoms with Crippen LogP contribution in [0.4, 0.5) is 13.2 Å². The molecule has 0 bridgehead atoms. The first kappa shape index (κ1) is 15.5. The highest BCUT2D eigenvalue weighted by Crippen LogP contribution is 2.46. The van der Waals surface area contributed by atoms with Crippen LogP contribution in [0, 0.1) is 11.3 Å². The van der Waals surface area contributed by atoms with Crippen molar-refractivity contribution in [2.45, 2.75) is 52.1 Å². The Kier molecular flexibility index (Phi) is 4.23. The Bertz CT molecular complexity index is 487. The Hall–Kier alpha value is -0.910. The van der Waals surface area contributed by atoms with Crippen molar-refractivity contribution in [3.8, 4) is 0 Å². The average molecular weight is 305 g/mol. The third kappa shape index (κ3) is 3.05. The molecule has 0 N–H and O–H groups in total. The van der Waals surface area contributed by atoms with Crippen molar-refractivity contribution < 1.29 is 18.0 Å². The molecule has 1 fully saturated rings. The normalized spacial score (nSPS) is 18.7. The number of hydrogen-bond acceptors (Lipinski definition) is 3. The zero-order valence-corrected chi connectivity index (χ0v) is 12.4. The van der Waals surface area contributed by atoms with Crippen LogP contribution in [0.2, 0.25) is 0 Å². The molecule has 0 aliphatic heterocycles. The number of nitrogens with zero attached hydrogens (tertiary/aromatic N) is 1.